The number of aliphatic hydroxyl groups is 1. The van der Waals surface area contributed by atoms with E-state index < -0.39 is 97.5 Å². The average molecular weight is 1400 g/mol. The van der Waals surface area contributed by atoms with Crippen LogP contribution in [0.25, 0.3) is 0 Å². The number of hydrogen-bond donors (Lipinski definition) is 3. The van der Waals surface area contributed by atoms with Gasteiger partial charge < -0.3 is 33.8 Å². The Labute approximate surface area is 581 Å². The summed E-state index contributed by atoms with van der Waals surface area (Å²) in [6, 6.07) is 0. The van der Waals surface area contributed by atoms with E-state index in [2.05, 4.69) is 34.6 Å². The van der Waals surface area contributed by atoms with Crippen molar-refractivity contribution in [2.45, 2.75) is 419 Å². The molecule has 0 aromatic heterocycles. The van der Waals surface area contributed by atoms with E-state index in [4.69, 9.17) is 37.0 Å². The average Bonchev–Trinajstić information content (AvgIpc) is 1.57. The smallest absolute Gasteiger partial charge is 0.462 e. The zero-order chi connectivity index (χ0) is 69.8. The molecule has 0 heterocycles. The molecule has 0 saturated carbocycles. The number of carbonyl (C=O) groups excluding carboxylic acids is 4. The number of phosphoric ester groups is 2. The second-order valence-corrected chi connectivity index (χ2v) is 30.5. The van der Waals surface area contributed by atoms with Crippen molar-refractivity contribution in [3.05, 3.63) is 0 Å². The lowest BCUT2D eigenvalue weighted by Gasteiger charge is -2.21. The maximum Gasteiger partial charge on any atom is 0.472 e. The van der Waals surface area contributed by atoms with E-state index in [1.54, 1.807) is 0 Å². The van der Waals surface area contributed by atoms with Crippen LogP contribution in [0.1, 0.15) is 401 Å². The summed E-state index contributed by atoms with van der Waals surface area (Å²) in [6.07, 6.45) is 58.2. The van der Waals surface area contributed by atoms with E-state index in [-0.39, 0.29) is 25.7 Å². The Morgan fingerprint density at radius 2 is 0.505 bits per heavy atom. The van der Waals surface area contributed by atoms with Gasteiger partial charge >= 0.3 is 39.5 Å². The number of esters is 4. The lowest BCUT2D eigenvalue weighted by Crippen LogP contribution is -2.30. The van der Waals surface area contributed by atoms with Crippen molar-refractivity contribution in [2.75, 3.05) is 39.6 Å². The van der Waals surface area contributed by atoms with Crippen molar-refractivity contribution >= 4 is 39.5 Å². The number of phosphoric acid groups is 2. The minimum Gasteiger partial charge on any atom is -0.462 e. The summed E-state index contributed by atoms with van der Waals surface area (Å²) >= 11 is 0. The largest absolute Gasteiger partial charge is 0.472 e. The molecule has 0 aromatic carbocycles. The summed E-state index contributed by atoms with van der Waals surface area (Å²) in [5, 5.41) is 10.6. The Morgan fingerprint density at radius 3 is 0.747 bits per heavy atom. The molecule has 564 valence electrons. The third kappa shape index (κ3) is 69.0. The van der Waals surface area contributed by atoms with E-state index in [1.165, 1.54) is 225 Å². The Morgan fingerprint density at radius 1 is 0.295 bits per heavy atom. The van der Waals surface area contributed by atoms with Gasteiger partial charge in [-0.15, -0.1) is 0 Å². The number of rotatable bonds is 76. The van der Waals surface area contributed by atoms with Crippen LogP contribution >= 0.6 is 15.6 Å². The predicted molar refractivity (Wildman–Crippen MR) is 386 cm³/mol. The minimum absolute atomic E-state index is 0.105. The van der Waals surface area contributed by atoms with Crippen LogP contribution in [-0.2, 0) is 65.4 Å². The van der Waals surface area contributed by atoms with E-state index in [0.717, 1.165) is 95.8 Å². The monoisotopic (exact) mass is 1400 g/mol. The second-order valence-electron chi connectivity index (χ2n) is 27.6. The van der Waals surface area contributed by atoms with Gasteiger partial charge in [0.05, 0.1) is 26.4 Å². The second kappa shape index (κ2) is 69.2. The Hall–Kier alpha value is -1.94. The van der Waals surface area contributed by atoms with Gasteiger partial charge in [0.25, 0.3) is 0 Å². The molecule has 3 N–H and O–H groups in total. The SMILES string of the molecule is CCCCCCCCCCCCCCCCCCCC(=O)OC[C@H](COP(=O)(O)OC[C@@H](O)COP(=O)(O)OC[C@@H](COC(=O)CCCCCCCCCCC)OC(=O)CCCCCCCCCCC(C)CC)OC(=O)CCCCCCCCCCCCCCCCCCC. The summed E-state index contributed by atoms with van der Waals surface area (Å²) in [5.74, 6) is -1.35. The highest BCUT2D eigenvalue weighted by Gasteiger charge is 2.30. The molecule has 3 unspecified atom stereocenters. The number of ether oxygens (including phenoxy) is 4. The molecule has 0 bridgehead atoms. The van der Waals surface area contributed by atoms with Gasteiger partial charge in [0.1, 0.15) is 19.3 Å². The molecule has 0 aliphatic rings. The Bertz CT molecular complexity index is 1820. The predicted octanol–water partition coefficient (Wildman–Crippen LogP) is 22.5. The van der Waals surface area contributed by atoms with Crippen molar-refractivity contribution in [3.8, 4) is 0 Å². The fourth-order valence-electron chi connectivity index (χ4n) is 11.7. The molecule has 19 heteroatoms. The van der Waals surface area contributed by atoms with Crippen LogP contribution in [-0.4, -0.2) is 96.7 Å². The first kappa shape index (κ1) is 93.1. The fraction of sp³-hybridized carbons (Fsp3) is 0.947. The Kier molecular flexibility index (Phi) is 67.7. The van der Waals surface area contributed by atoms with Gasteiger partial charge in [-0.3, -0.25) is 37.3 Å². The van der Waals surface area contributed by atoms with Crippen molar-refractivity contribution in [1.82, 2.24) is 0 Å². The lowest BCUT2D eigenvalue weighted by molar-refractivity contribution is -0.161. The third-order valence-corrected chi connectivity index (χ3v) is 20.0. The molecule has 0 amide bonds. The van der Waals surface area contributed by atoms with E-state index >= 15 is 0 Å². The highest BCUT2D eigenvalue weighted by molar-refractivity contribution is 7.47. The quantitative estimate of drug-likeness (QED) is 0.0222. The van der Waals surface area contributed by atoms with Crippen molar-refractivity contribution < 1.29 is 80.2 Å². The molecule has 0 aromatic rings. The number of aliphatic hydroxyl groups excluding tert-OH is 1. The van der Waals surface area contributed by atoms with Crippen LogP contribution in [0.3, 0.4) is 0 Å². The first-order valence-electron chi connectivity index (χ1n) is 39.7. The number of hydrogen-bond acceptors (Lipinski definition) is 15. The third-order valence-electron chi connectivity index (χ3n) is 18.1. The van der Waals surface area contributed by atoms with Crippen molar-refractivity contribution in [1.29, 1.82) is 0 Å². The zero-order valence-electron chi connectivity index (χ0n) is 61.8. The standard InChI is InChI=1S/C76H148O17P2/c1-6-10-13-16-19-22-24-26-28-30-32-34-36-39-45-50-55-60-74(79)87-66-71(92-75(80)61-56-51-46-40-37-35-33-31-29-27-25-23-20-17-14-11-7-2)67-90-94(82,83)88-63-70(77)64-89-95(84,85)91-68-72(65-86-73(78)59-54-49-44-38-21-18-15-12-8-3)93-76(81)62-57-52-47-42-41-43-48-53-58-69(5)9-4/h69-72,77H,6-68H2,1-5H3,(H,82,83)(H,84,85)/t69?,70-,71-,72-/m1/s1. The van der Waals surface area contributed by atoms with Crippen LogP contribution in [0, 0.1) is 5.92 Å². The van der Waals surface area contributed by atoms with Crippen molar-refractivity contribution in [3.63, 3.8) is 0 Å². The zero-order valence-corrected chi connectivity index (χ0v) is 63.6. The molecule has 0 aliphatic carbocycles. The fourth-order valence-corrected chi connectivity index (χ4v) is 13.3. The van der Waals surface area contributed by atoms with Crippen LogP contribution in [0.5, 0.6) is 0 Å². The number of carbonyl (C=O) groups is 4. The summed E-state index contributed by atoms with van der Waals surface area (Å²) in [5.41, 5.74) is 0. The minimum atomic E-state index is -4.96. The number of unbranched alkanes of at least 4 members (excludes halogenated alkanes) is 47. The van der Waals surface area contributed by atoms with Gasteiger partial charge in [0.15, 0.2) is 12.2 Å². The first-order chi connectivity index (χ1) is 46.1. The van der Waals surface area contributed by atoms with Crippen LogP contribution in [0.2, 0.25) is 0 Å². The van der Waals surface area contributed by atoms with Crippen LogP contribution in [0.15, 0.2) is 0 Å². The molecule has 0 radical (unpaired) electrons. The molecule has 6 atom stereocenters. The maximum absolute atomic E-state index is 13.1. The van der Waals surface area contributed by atoms with Crippen LogP contribution in [0.4, 0.5) is 0 Å². The summed E-state index contributed by atoms with van der Waals surface area (Å²) in [6.45, 7) is 7.28. The van der Waals surface area contributed by atoms with E-state index in [1.807, 2.05) is 0 Å². The molecular formula is C76H148O17P2. The van der Waals surface area contributed by atoms with Gasteiger partial charge in [-0.05, 0) is 31.6 Å². The molecule has 0 saturated heterocycles. The van der Waals surface area contributed by atoms with Gasteiger partial charge in [-0.2, -0.15) is 0 Å². The van der Waals surface area contributed by atoms with Gasteiger partial charge in [-0.1, -0.05) is 349 Å². The molecule has 0 aliphatic heterocycles. The van der Waals surface area contributed by atoms with E-state index in [0.29, 0.717) is 25.7 Å². The lowest BCUT2D eigenvalue weighted by atomic mass is 9.99. The summed E-state index contributed by atoms with van der Waals surface area (Å²) < 4.78 is 68.5. The van der Waals surface area contributed by atoms with Gasteiger partial charge in [0.2, 0.25) is 0 Å². The van der Waals surface area contributed by atoms with Gasteiger partial charge in [0, 0.05) is 25.7 Å². The molecule has 95 heavy (non-hydrogen) atoms. The Balaban J connectivity index is 5.23. The van der Waals surface area contributed by atoms with Gasteiger partial charge in [-0.25, -0.2) is 9.13 Å². The normalized spacial score (nSPS) is 14.2. The first-order valence-corrected chi connectivity index (χ1v) is 42.7. The molecular weight excluding hydrogens is 1250 g/mol. The van der Waals surface area contributed by atoms with Crippen molar-refractivity contribution in [2.24, 2.45) is 5.92 Å². The topological polar surface area (TPSA) is 237 Å². The highest BCUT2D eigenvalue weighted by atomic mass is 31.2. The van der Waals surface area contributed by atoms with Crippen LogP contribution < -0.4 is 0 Å². The highest BCUT2D eigenvalue weighted by Crippen LogP contribution is 2.45. The molecule has 0 spiro atoms. The maximum atomic E-state index is 13.1. The molecule has 17 nitrogen and oxygen atoms in total. The molecule has 0 fully saturated rings. The van der Waals surface area contributed by atoms with E-state index in [9.17, 15) is 43.2 Å². The molecule has 0 rings (SSSR count). The summed E-state index contributed by atoms with van der Waals surface area (Å²) in [4.78, 5) is 72.8. The summed E-state index contributed by atoms with van der Waals surface area (Å²) in [7, 11) is -9.91.